The van der Waals surface area contributed by atoms with Crippen molar-refractivity contribution in [1.29, 1.82) is 0 Å². The zero-order valence-corrected chi connectivity index (χ0v) is 21.9. The number of unbranched alkanes of at least 4 members (excludes halogenated alkanes) is 1. The van der Waals surface area contributed by atoms with E-state index in [0.717, 1.165) is 12.8 Å². The molecule has 0 aliphatic carbocycles. The van der Waals surface area contributed by atoms with Crippen LogP contribution in [0, 0.1) is 0 Å². The number of hydrogen-bond acceptors (Lipinski definition) is 7. The maximum absolute atomic E-state index is 13.8. The Morgan fingerprint density at radius 2 is 2.11 bits per heavy atom. The van der Waals surface area contributed by atoms with Crippen molar-refractivity contribution in [1.82, 2.24) is 10.2 Å². The highest BCUT2D eigenvalue weighted by molar-refractivity contribution is 6.05. The van der Waals surface area contributed by atoms with Crippen LogP contribution in [-0.4, -0.2) is 53.7 Å². The third kappa shape index (κ3) is 6.25. The summed E-state index contributed by atoms with van der Waals surface area (Å²) in [5.74, 6) is 0.0850. The van der Waals surface area contributed by atoms with Crippen LogP contribution in [0.3, 0.4) is 0 Å². The van der Waals surface area contributed by atoms with E-state index < -0.39 is 29.2 Å². The van der Waals surface area contributed by atoms with Crippen LogP contribution in [0.2, 0.25) is 0 Å². The molecule has 2 atom stereocenters. The predicted molar refractivity (Wildman–Crippen MR) is 136 cm³/mol. The highest BCUT2D eigenvalue weighted by atomic mass is 16.6. The molecule has 0 saturated heterocycles. The summed E-state index contributed by atoms with van der Waals surface area (Å²) in [4.78, 5) is 45.2. The van der Waals surface area contributed by atoms with Crippen LogP contribution in [0.4, 0.5) is 4.79 Å². The summed E-state index contributed by atoms with van der Waals surface area (Å²) < 4.78 is 16.2. The molecule has 1 aromatic carbocycles. The lowest BCUT2D eigenvalue weighted by Crippen LogP contribution is -2.56. The highest BCUT2D eigenvalue weighted by Crippen LogP contribution is 2.41. The number of ether oxygens (including phenoxy) is 3. The van der Waals surface area contributed by atoms with E-state index in [0.29, 0.717) is 42.7 Å². The number of nitrogens with one attached hydrogen (secondary N) is 1. The topological polar surface area (TPSA) is 107 Å². The number of rotatable bonds is 7. The van der Waals surface area contributed by atoms with Gasteiger partial charge in [0, 0.05) is 12.0 Å². The summed E-state index contributed by atoms with van der Waals surface area (Å²) in [6.45, 7) is 11.5. The van der Waals surface area contributed by atoms with Gasteiger partial charge in [-0.25, -0.2) is 14.6 Å². The standard InChI is InChI=1S/C27H37N3O6/c1-7-9-10-14-27(8-2)17-22(31)30(24(29-27)28-25(33)36-26(3,4)5)20-13-15-35-21-12-11-18(16-19(20)21)23(32)34-6/h7,11-12,16,20H,1,8-10,13-15,17H2,2-6H3,(H,28,29,33)/t20-,27-/m1/s1. The van der Waals surface area contributed by atoms with Gasteiger partial charge in [0.2, 0.25) is 11.9 Å². The molecule has 9 heteroatoms. The molecule has 0 saturated carbocycles. The molecule has 1 aromatic rings. The van der Waals surface area contributed by atoms with Crippen molar-refractivity contribution < 1.29 is 28.6 Å². The fourth-order valence-electron chi connectivity index (χ4n) is 4.60. The Bertz CT molecular complexity index is 1040. The third-order valence-corrected chi connectivity index (χ3v) is 6.39. The van der Waals surface area contributed by atoms with Gasteiger partial charge in [0.15, 0.2) is 0 Å². The third-order valence-electron chi connectivity index (χ3n) is 6.39. The Morgan fingerprint density at radius 3 is 2.75 bits per heavy atom. The molecule has 196 valence electrons. The Kier molecular flexibility index (Phi) is 8.43. The molecule has 0 bridgehead atoms. The number of hydrogen-bond donors (Lipinski definition) is 1. The van der Waals surface area contributed by atoms with Gasteiger partial charge in [-0.05, 0) is 64.7 Å². The summed E-state index contributed by atoms with van der Waals surface area (Å²) in [6.07, 6.45) is 4.81. The number of carbonyl (C=O) groups is 3. The van der Waals surface area contributed by atoms with Crippen molar-refractivity contribution in [2.75, 3.05) is 13.7 Å². The molecule has 0 unspecified atom stereocenters. The van der Waals surface area contributed by atoms with E-state index in [1.807, 2.05) is 13.0 Å². The number of nitrogens with zero attached hydrogens (tertiary/aromatic N) is 2. The van der Waals surface area contributed by atoms with E-state index in [9.17, 15) is 14.4 Å². The maximum Gasteiger partial charge on any atom is 0.414 e. The van der Waals surface area contributed by atoms with E-state index in [4.69, 9.17) is 19.2 Å². The van der Waals surface area contributed by atoms with E-state index in [2.05, 4.69) is 11.9 Å². The minimum atomic E-state index is -0.722. The highest BCUT2D eigenvalue weighted by Gasteiger charge is 2.44. The van der Waals surface area contributed by atoms with Gasteiger partial charge in [0.05, 0.1) is 37.3 Å². The first-order valence-corrected chi connectivity index (χ1v) is 12.4. The predicted octanol–water partition coefficient (Wildman–Crippen LogP) is 4.91. The van der Waals surface area contributed by atoms with Gasteiger partial charge >= 0.3 is 12.1 Å². The molecule has 2 amide bonds. The summed E-state index contributed by atoms with van der Waals surface area (Å²) in [6, 6.07) is 4.52. The molecule has 2 aliphatic heterocycles. The summed E-state index contributed by atoms with van der Waals surface area (Å²) in [5.41, 5.74) is -0.349. The molecule has 3 rings (SSSR count). The Balaban J connectivity index is 2.05. The SMILES string of the molecule is C=CCCC[C@]1(CC)CC(=O)N([C@@H]2CCOc3ccc(C(=O)OC)cc32)C(NC(=O)OC(C)(C)C)=N1. The van der Waals surface area contributed by atoms with Gasteiger partial charge in [-0.15, -0.1) is 6.58 Å². The van der Waals surface area contributed by atoms with Gasteiger partial charge in [0.25, 0.3) is 0 Å². The fourth-order valence-corrected chi connectivity index (χ4v) is 4.60. The first-order valence-electron chi connectivity index (χ1n) is 12.4. The smallest absolute Gasteiger partial charge is 0.414 e. The van der Waals surface area contributed by atoms with Gasteiger partial charge in [-0.2, -0.15) is 0 Å². The van der Waals surface area contributed by atoms with Crippen LogP contribution in [0.15, 0.2) is 35.8 Å². The molecule has 0 aromatic heterocycles. The minimum absolute atomic E-state index is 0.155. The summed E-state index contributed by atoms with van der Waals surface area (Å²) in [5, 5.41) is 2.75. The summed E-state index contributed by atoms with van der Waals surface area (Å²) in [7, 11) is 1.32. The molecular weight excluding hydrogens is 462 g/mol. The number of allylic oxidation sites excluding steroid dienone is 1. The lowest BCUT2D eigenvalue weighted by Gasteiger charge is -2.43. The number of guanidine groups is 1. The van der Waals surface area contributed by atoms with Crippen LogP contribution in [0.25, 0.3) is 0 Å². The number of benzene rings is 1. The first-order chi connectivity index (χ1) is 17.0. The van der Waals surface area contributed by atoms with Crippen molar-refractivity contribution in [3.05, 3.63) is 42.0 Å². The molecule has 36 heavy (non-hydrogen) atoms. The van der Waals surface area contributed by atoms with Gasteiger partial charge < -0.3 is 14.2 Å². The number of esters is 1. The van der Waals surface area contributed by atoms with Crippen LogP contribution in [0.1, 0.15) is 88.2 Å². The zero-order chi connectivity index (χ0) is 26.5. The molecule has 0 radical (unpaired) electrons. The van der Waals surface area contributed by atoms with E-state index in [1.165, 1.54) is 12.0 Å². The number of carbonyl (C=O) groups excluding carboxylic acids is 3. The molecule has 2 heterocycles. The number of fused-ring (bicyclic) bond motifs is 1. The largest absolute Gasteiger partial charge is 0.493 e. The lowest BCUT2D eigenvalue weighted by molar-refractivity contribution is -0.132. The van der Waals surface area contributed by atoms with Crippen LogP contribution in [-0.2, 0) is 14.3 Å². The number of methoxy groups -OCH3 is 1. The van der Waals surface area contributed by atoms with Gasteiger partial charge in [-0.1, -0.05) is 13.0 Å². The zero-order valence-electron chi connectivity index (χ0n) is 21.9. The van der Waals surface area contributed by atoms with Crippen LogP contribution in [0.5, 0.6) is 5.75 Å². The summed E-state index contributed by atoms with van der Waals surface area (Å²) >= 11 is 0. The molecule has 0 fully saturated rings. The molecule has 2 aliphatic rings. The quantitative estimate of drug-likeness (QED) is 0.324. The maximum atomic E-state index is 13.8. The normalized spacial score (nSPS) is 21.6. The number of aliphatic imine (C=N–C) groups is 1. The molecular formula is C27H37N3O6. The molecule has 0 spiro atoms. The van der Waals surface area contributed by atoms with Crippen LogP contribution >= 0.6 is 0 Å². The minimum Gasteiger partial charge on any atom is -0.493 e. The average molecular weight is 500 g/mol. The van der Waals surface area contributed by atoms with Gasteiger partial charge in [-0.3, -0.25) is 15.0 Å². The van der Waals surface area contributed by atoms with Crippen molar-refractivity contribution in [2.45, 2.75) is 83.4 Å². The fraction of sp³-hybridized carbons (Fsp3) is 0.556. The number of amides is 2. The second-order valence-corrected chi connectivity index (χ2v) is 10.2. The Hall–Kier alpha value is -3.36. The number of alkyl carbamates (subject to hydrolysis) is 1. The van der Waals surface area contributed by atoms with E-state index in [-0.39, 0.29) is 18.3 Å². The Labute approximate surface area is 212 Å². The van der Waals surface area contributed by atoms with Crippen molar-refractivity contribution >= 4 is 23.9 Å². The monoisotopic (exact) mass is 499 g/mol. The van der Waals surface area contributed by atoms with E-state index in [1.54, 1.807) is 39.0 Å². The van der Waals surface area contributed by atoms with Crippen molar-refractivity contribution in [3.8, 4) is 5.75 Å². The molecule has 9 nitrogen and oxygen atoms in total. The van der Waals surface area contributed by atoms with Crippen molar-refractivity contribution in [3.63, 3.8) is 0 Å². The van der Waals surface area contributed by atoms with E-state index >= 15 is 0 Å². The second kappa shape index (κ2) is 11.1. The average Bonchev–Trinajstić information content (AvgIpc) is 2.82. The lowest BCUT2D eigenvalue weighted by atomic mass is 9.84. The Morgan fingerprint density at radius 1 is 1.36 bits per heavy atom. The second-order valence-electron chi connectivity index (χ2n) is 10.2. The first kappa shape index (κ1) is 27.2. The molecule has 1 N–H and O–H groups in total. The van der Waals surface area contributed by atoms with Gasteiger partial charge in [0.1, 0.15) is 11.4 Å². The van der Waals surface area contributed by atoms with Crippen LogP contribution < -0.4 is 10.1 Å². The van der Waals surface area contributed by atoms with Crippen molar-refractivity contribution in [2.24, 2.45) is 4.99 Å².